The number of nitrogens with zero attached hydrogens (tertiary/aromatic N) is 2. The van der Waals surface area contributed by atoms with Crippen LogP contribution in [0.1, 0.15) is 28.2 Å². The first-order valence-electron chi connectivity index (χ1n) is 10.8. The highest BCUT2D eigenvalue weighted by Gasteiger charge is 2.31. The molecule has 32 heavy (non-hydrogen) atoms. The monoisotopic (exact) mass is 453 g/mol. The van der Waals surface area contributed by atoms with Crippen molar-refractivity contribution >= 4 is 22.9 Å². The van der Waals surface area contributed by atoms with Crippen LogP contribution in [0.5, 0.6) is 5.75 Å². The van der Waals surface area contributed by atoms with Gasteiger partial charge in [-0.2, -0.15) is 0 Å². The molecular formula is C25H28FN3O2S. The fourth-order valence-electron chi connectivity index (χ4n) is 4.30. The third kappa shape index (κ3) is 4.95. The fourth-order valence-corrected chi connectivity index (χ4v) is 5.27. The van der Waals surface area contributed by atoms with Crippen LogP contribution in [0.2, 0.25) is 0 Å². The van der Waals surface area contributed by atoms with Crippen LogP contribution in [0.4, 0.5) is 10.1 Å². The van der Waals surface area contributed by atoms with Crippen molar-refractivity contribution in [2.24, 2.45) is 0 Å². The fraction of sp³-hybridized carbons (Fsp3) is 0.320. The van der Waals surface area contributed by atoms with Gasteiger partial charge in [0.25, 0.3) is 5.91 Å². The molecule has 1 aliphatic rings. The van der Waals surface area contributed by atoms with Gasteiger partial charge in [0.2, 0.25) is 0 Å². The normalized spacial score (nSPS) is 16.4. The van der Waals surface area contributed by atoms with Crippen LogP contribution in [0, 0.1) is 5.82 Å². The van der Waals surface area contributed by atoms with Crippen molar-refractivity contribution in [1.82, 2.24) is 10.2 Å². The van der Waals surface area contributed by atoms with E-state index in [1.54, 1.807) is 18.4 Å². The summed E-state index contributed by atoms with van der Waals surface area (Å²) in [6.45, 7) is 5.54. The van der Waals surface area contributed by atoms with Crippen LogP contribution in [0.15, 0.2) is 66.0 Å². The van der Waals surface area contributed by atoms with Gasteiger partial charge in [-0.25, -0.2) is 4.39 Å². The summed E-state index contributed by atoms with van der Waals surface area (Å²) in [5.41, 5.74) is 1.57. The molecule has 1 aliphatic heterocycles. The van der Waals surface area contributed by atoms with E-state index in [-0.39, 0.29) is 23.8 Å². The van der Waals surface area contributed by atoms with Crippen LogP contribution in [0.3, 0.4) is 0 Å². The highest BCUT2D eigenvalue weighted by Crippen LogP contribution is 2.32. The van der Waals surface area contributed by atoms with Gasteiger partial charge >= 0.3 is 0 Å². The van der Waals surface area contributed by atoms with Gasteiger partial charge in [0.05, 0.1) is 18.8 Å². The highest BCUT2D eigenvalue weighted by atomic mass is 32.1. The molecule has 0 radical (unpaired) electrons. The molecule has 2 heterocycles. The Labute approximate surface area is 192 Å². The summed E-state index contributed by atoms with van der Waals surface area (Å²) < 4.78 is 18.8. The molecule has 1 aromatic heterocycles. The molecule has 7 heteroatoms. The number of hydrogen-bond acceptors (Lipinski definition) is 5. The number of halogens is 1. The average Bonchev–Trinajstić information content (AvgIpc) is 3.34. The maximum Gasteiger partial charge on any atom is 0.251 e. The molecule has 1 saturated heterocycles. The number of rotatable bonds is 7. The minimum atomic E-state index is -0.348. The Morgan fingerprint density at radius 2 is 1.75 bits per heavy atom. The summed E-state index contributed by atoms with van der Waals surface area (Å²) >= 11 is 1.70. The van der Waals surface area contributed by atoms with Crippen LogP contribution in [-0.4, -0.2) is 50.1 Å². The SMILES string of the molecule is COc1ccccc1N1CCN([C@H](c2cccs2)[C@@H](C)NC(=O)c2ccc(F)cc2)CC1. The number of piperazine rings is 1. The number of thiophene rings is 1. The standard InChI is InChI=1S/C25H28FN3O2S/c1-18(27-25(30)19-9-11-20(26)12-10-19)24(23-8-5-17-32-23)29-15-13-28(14-16-29)21-6-3-4-7-22(21)31-2/h3-12,17-18,24H,13-16H2,1-2H3,(H,27,30)/t18-,24+/m1/s1. The molecule has 0 saturated carbocycles. The van der Waals surface area contributed by atoms with E-state index in [1.165, 1.54) is 29.1 Å². The van der Waals surface area contributed by atoms with Gasteiger partial charge in [-0.1, -0.05) is 18.2 Å². The molecule has 0 bridgehead atoms. The topological polar surface area (TPSA) is 44.8 Å². The van der Waals surface area contributed by atoms with E-state index in [9.17, 15) is 9.18 Å². The molecular weight excluding hydrogens is 425 g/mol. The van der Waals surface area contributed by atoms with Crippen molar-refractivity contribution in [3.8, 4) is 5.75 Å². The Hall–Kier alpha value is -2.90. The predicted molar refractivity (Wildman–Crippen MR) is 127 cm³/mol. The number of amides is 1. The summed E-state index contributed by atoms with van der Waals surface area (Å²) in [4.78, 5) is 18.8. The van der Waals surface area contributed by atoms with Crippen molar-refractivity contribution in [3.63, 3.8) is 0 Å². The van der Waals surface area contributed by atoms with E-state index in [1.807, 2.05) is 31.2 Å². The number of benzene rings is 2. The molecule has 1 amide bonds. The van der Waals surface area contributed by atoms with Crippen molar-refractivity contribution in [3.05, 3.63) is 82.3 Å². The summed E-state index contributed by atoms with van der Waals surface area (Å²) in [6.07, 6.45) is 0. The smallest absolute Gasteiger partial charge is 0.251 e. The Kier molecular flexibility index (Phi) is 7.07. The molecule has 3 aromatic rings. The van der Waals surface area contributed by atoms with Gasteiger partial charge in [-0.15, -0.1) is 11.3 Å². The summed E-state index contributed by atoms with van der Waals surface area (Å²) in [5.74, 6) is 0.348. The number of ether oxygens (including phenoxy) is 1. The molecule has 1 fully saturated rings. The van der Waals surface area contributed by atoms with E-state index >= 15 is 0 Å². The zero-order valence-corrected chi connectivity index (χ0v) is 19.1. The summed E-state index contributed by atoms with van der Waals surface area (Å²) in [7, 11) is 1.70. The van der Waals surface area contributed by atoms with Gasteiger partial charge in [-0.05, 0) is 54.8 Å². The van der Waals surface area contributed by atoms with Gasteiger partial charge in [-0.3, -0.25) is 9.69 Å². The quantitative estimate of drug-likeness (QED) is 0.569. The third-order valence-corrected chi connectivity index (χ3v) is 6.85. The lowest BCUT2D eigenvalue weighted by Gasteiger charge is -2.42. The number of carbonyl (C=O) groups excluding carboxylic acids is 1. The van der Waals surface area contributed by atoms with Gasteiger partial charge in [0, 0.05) is 42.7 Å². The van der Waals surface area contributed by atoms with Crippen LogP contribution in [-0.2, 0) is 0 Å². The molecule has 0 spiro atoms. The number of nitrogens with one attached hydrogen (secondary N) is 1. The van der Waals surface area contributed by atoms with Crippen molar-refractivity contribution in [2.75, 3.05) is 38.2 Å². The van der Waals surface area contributed by atoms with E-state index in [2.05, 4.69) is 32.6 Å². The van der Waals surface area contributed by atoms with E-state index in [4.69, 9.17) is 4.74 Å². The Morgan fingerprint density at radius 3 is 2.41 bits per heavy atom. The highest BCUT2D eigenvalue weighted by molar-refractivity contribution is 7.10. The second-order valence-electron chi connectivity index (χ2n) is 7.92. The van der Waals surface area contributed by atoms with E-state index < -0.39 is 0 Å². The molecule has 1 N–H and O–H groups in total. The van der Waals surface area contributed by atoms with E-state index in [0.29, 0.717) is 5.56 Å². The van der Waals surface area contributed by atoms with Gasteiger partial charge in [0.1, 0.15) is 11.6 Å². The minimum Gasteiger partial charge on any atom is -0.495 e. The zero-order chi connectivity index (χ0) is 22.5. The van der Waals surface area contributed by atoms with Gasteiger partial charge < -0.3 is 15.0 Å². The first kappa shape index (κ1) is 22.3. The first-order chi connectivity index (χ1) is 15.6. The molecule has 2 aromatic carbocycles. The lowest BCUT2D eigenvalue weighted by Crippen LogP contribution is -2.52. The maximum atomic E-state index is 13.2. The summed E-state index contributed by atoms with van der Waals surface area (Å²) in [5, 5.41) is 5.20. The maximum absolute atomic E-state index is 13.2. The second-order valence-corrected chi connectivity index (χ2v) is 8.90. The van der Waals surface area contributed by atoms with Gasteiger partial charge in [0.15, 0.2) is 0 Å². The van der Waals surface area contributed by atoms with E-state index in [0.717, 1.165) is 37.6 Å². The Bertz CT molecular complexity index is 1020. The van der Waals surface area contributed by atoms with Crippen molar-refractivity contribution in [2.45, 2.75) is 19.0 Å². The molecule has 5 nitrogen and oxygen atoms in total. The number of methoxy groups -OCH3 is 1. The Morgan fingerprint density at radius 1 is 1.03 bits per heavy atom. The number of hydrogen-bond donors (Lipinski definition) is 1. The minimum absolute atomic E-state index is 0.0687. The zero-order valence-electron chi connectivity index (χ0n) is 18.3. The molecule has 0 unspecified atom stereocenters. The average molecular weight is 454 g/mol. The largest absolute Gasteiger partial charge is 0.495 e. The molecule has 168 valence electrons. The summed E-state index contributed by atoms with van der Waals surface area (Å²) in [6, 6.07) is 17.9. The molecule has 2 atom stereocenters. The van der Waals surface area contributed by atoms with Crippen LogP contribution < -0.4 is 15.0 Å². The number of anilines is 1. The molecule has 0 aliphatic carbocycles. The van der Waals surface area contributed by atoms with Crippen molar-refractivity contribution in [1.29, 1.82) is 0 Å². The van der Waals surface area contributed by atoms with Crippen LogP contribution in [0.25, 0.3) is 0 Å². The second kappa shape index (κ2) is 10.1. The first-order valence-corrected chi connectivity index (χ1v) is 11.7. The third-order valence-electron chi connectivity index (χ3n) is 5.91. The number of carbonyl (C=O) groups is 1. The lowest BCUT2D eigenvalue weighted by atomic mass is 10.0. The lowest BCUT2D eigenvalue weighted by molar-refractivity contribution is 0.0890. The Balaban J connectivity index is 1.47. The predicted octanol–water partition coefficient (Wildman–Crippen LogP) is 4.58. The molecule has 4 rings (SSSR count). The van der Waals surface area contributed by atoms with Crippen molar-refractivity contribution < 1.29 is 13.9 Å². The van der Waals surface area contributed by atoms with Crippen LogP contribution >= 0.6 is 11.3 Å². The number of para-hydroxylation sites is 2.